The number of carbonyl (C=O) groups excluding carboxylic acids is 1. The summed E-state index contributed by atoms with van der Waals surface area (Å²) in [6.07, 6.45) is 10.1. The summed E-state index contributed by atoms with van der Waals surface area (Å²) < 4.78 is 39.6. The largest absolute Gasteiger partial charge is 0.466 e. The zero-order valence-corrected chi connectivity index (χ0v) is 10.4. The van der Waals surface area contributed by atoms with Crippen LogP contribution in [0.3, 0.4) is 0 Å². The fraction of sp³-hybridized carbons (Fsp3) is 0.929. The Kier molecular flexibility index (Phi) is 6.70. The van der Waals surface area contributed by atoms with Crippen LogP contribution in [0, 0.1) is 0 Å². The van der Waals surface area contributed by atoms with E-state index in [9.17, 15) is 4.79 Å². The lowest BCUT2D eigenvalue weighted by Gasteiger charge is -2.02. The molecule has 0 saturated heterocycles. The van der Waals surface area contributed by atoms with E-state index in [1.54, 1.807) is 0 Å². The zero-order chi connectivity index (χ0) is 16.4. The minimum Gasteiger partial charge on any atom is -0.466 e. The van der Waals surface area contributed by atoms with Crippen molar-refractivity contribution in [1.82, 2.24) is 0 Å². The number of hydrogen-bond acceptors (Lipinski definition) is 2. The third-order valence-electron chi connectivity index (χ3n) is 2.65. The highest BCUT2D eigenvalue weighted by Crippen LogP contribution is 2.10. The molecule has 16 heavy (non-hydrogen) atoms. The van der Waals surface area contributed by atoms with Crippen LogP contribution in [0.25, 0.3) is 0 Å². The summed E-state index contributed by atoms with van der Waals surface area (Å²) in [5.41, 5.74) is 0. The van der Waals surface area contributed by atoms with Crippen LogP contribution in [0.4, 0.5) is 0 Å². The molecular formula is C14H28O2. The predicted octanol–water partition coefficient (Wildman–Crippen LogP) is 4.47. The summed E-state index contributed by atoms with van der Waals surface area (Å²) in [7, 11) is 0. The maximum atomic E-state index is 11.4. The second-order valence-electron chi connectivity index (χ2n) is 4.15. The molecule has 0 heterocycles. The van der Waals surface area contributed by atoms with Gasteiger partial charge in [0, 0.05) is 10.5 Å². The molecule has 0 atom stereocenters. The maximum absolute atomic E-state index is 11.4. The minimum absolute atomic E-state index is 0.0748. The quantitative estimate of drug-likeness (QED) is 0.389. The molecule has 0 aliphatic heterocycles. The monoisotopic (exact) mass is 233 g/mol. The maximum Gasteiger partial charge on any atom is 0.305 e. The summed E-state index contributed by atoms with van der Waals surface area (Å²) in [5.74, 6) is -0.779. The van der Waals surface area contributed by atoms with Gasteiger partial charge >= 0.3 is 5.97 Å². The van der Waals surface area contributed by atoms with Crippen LogP contribution in [0.2, 0.25) is 0 Å². The summed E-state index contributed by atoms with van der Waals surface area (Å²) >= 11 is 0. The number of unbranched alkanes of at least 4 members (excludes halogenated alkanes) is 8. The van der Waals surface area contributed by atoms with Gasteiger partial charge in [0.1, 0.15) is 0 Å². The van der Waals surface area contributed by atoms with Crippen molar-refractivity contribution in [2.24, 2.45) is 0 Å². The molecule has 2 heteroatoms. The van der Waals surface area contributed by atoms with Gasteiger partial charge in [-0.1, -0.05) is 58.3 Å². The number of rotatable bonds is 11. The first-order valence-corrected chi connectivity index (χ1v) is 6.42. The first-order chi connectivity index (χ1) is 9.70. The fourth-order valence-electron chi connectivity index (χ4n) is 1.69. The van der Waals surface area contributed by atoms with Gasteiger partial charge < -0.3 is 4.74 Å². The average molecular weight is 233 g/mol. The molecule has 2 nitrogen and oxygen atoms in total. The molecule has 0 aromatic rings. The molecule has 0 spiro atoms. The van der Waals surface area contributed by atoms with E-state index in [2.05, 4.69) is 11.7 Å². The summed E-state index contributed by atoms with van der Waals surface area (Å²) in [4.78, 5) is 11.4. The molecule has 0 aliphatic carbocycles. The second kappa shape index (κ2) is 12.5. The highest BCUT2D eigenvalue weighted by atomic mass is 16.5. The Balaban J connectivity index is 3.59. The molecule has 0 aliphatic rings. The van der Waals surface area contributed by atoms with Gasteiger partial charge in [-0.2, -0.15) is 0 Å². The Bertz CT molecular complexity index is 290. The molecule has 0 rings (SSSR count). The Morgan fingerprint density at radius 2 is 1.62 bits per heavy atom. The molecule has 96 valence electrons. The van der Waals surface area contributed by atoms with Crippen molar-refractivity contribution in [2.45, 2.75) is 78.0 Å². The lowest BCUT2D eigenvalue weighted by atomic mass is 10.1. The van der Waals surface area contributed by atoms with E-state index in [1.165, 1.54) is 32.1 Å². The zero-order valence-electron chi connectivity index (χ0n) is 15.4. The highest BCUT2D eigenvalue weighted by molar-refractivity contribution is 5.69. The van der Waals surface area contributed by atoms with Crippen LogP contribution in [-0.2, 0) is 9.53 Å². The Hall–Kier alpha value is -0.530. The van der Waals surface area contributed by atoms with Crippen LogP contribution < -0.4 is 0 Å². The van der Waals surface area contributed by atoms with Gasteiger partial charge in [-0.3, -0.25) is 4.79 Å². The number of ether oxygens (including phenoxy) is 1. The lowest BCUT2D eigenvalue weighted by molar-refractivity contribution is -0.143. The molecule has 0 unspecified atom stereocenters. The lowest BCUT2D eigenvalue weighted by Crippen LogP contribution is -2.03. The molecular weight excluding hydrogens is 200 g/mol. The SMILES string of the molecule is [2H]C([2H])([2H])C([2H])([2H])OC(=O)CCCCCCCCCCC. The molecule has 0 amide bonds. The number of esters is 1. The van der Waals surface area contributed by atoms with E-state index >= 15 is 0 Å². The van der Waals surface area contributed by atoms with Crippen LogP contribution >= 0.6 is 0 Å². The van der Waals surface area contributed by atoms with Crippen LogP contribution in [-0.4, -0.2) is 12.5 Å². The smallest absolute Gasteiger partial charge is 0.305 e. The predicted molar refractivity (Wildman–Crippen MR) is 68.5 cm³/mol. The van der Waals surface area contributed by atoms with Gasteiger partial charge in [0.05, 0.1) is 9.30 Å². The van der Waals surface area contributed by atoms with E-state index < -0.39 is 19.4 Å². The van der Waals surface area contributed by atoms with Crippen LogP contribution in [0.15, 0.2) is 0 Å². The molecule has 0 fully saturated rings. The van der Waals surface area contributed by atoms with E-state index in [0.717, 1.165) is 19.3 Å². The van der Waals surface area contributed by atoms with E-state index in [0.29, 0.717) is 6.42 Å². The van der Waals surface area contributed by atoms with Crippen LogP contribution in [0.5, 0.6) is 0 Å². The summed E-state index contributed by atoms with van der Waals surface area (Å²) in [6, 6.07) is 0. The summed E-state index contributed by atoms with van der Waals surface area (Å²) in [5, 5.41) is 0. The third-order valence-corrected chi connectivity index (χ3v) is 2.65. The topological polar surface area (TPSA) is 26.3 Å². The van der Waals surface area contributed by atoms with Gasteiger partial charge in [0.25, 0.3) is 0 Å². The van der Waals surface area contributed by atoms with Crippen LogP contribution in [0.1, 0.15) is 84.8 Å². The standard InChI is InChI=1S/C14H28O2/c1-3-5-6-7-8-9-10-11-12-13-14(15)16-4-2/h3-13H2,1-2H3/i2D3,4D2. The Morgan fingerprint density at radius 3 is 2.19 bits per heavy atom. The number of hydrogen-bond donors (Lipinski definition) is 0. The van der Waals surface area contributed by atoms with Gasteiger partial charge in [0.2, 0.25) is 0 Å². The van der Waals surface area contributed by atoms with E-state index in [4.69, 9.17) is 6.85 Å². The molecule has 0 saturated carbocycles. The van der Waals surface area contributed by atoms with Gasteiger partial charge in [-0.25, -0.2) is 0 Å². The van der Waals surface area contributed by atoms with Crippen molar-refractivity contribution in [3.05, 3.63) is 0 Å². The molecule has 0 N–H and O–H groups in total. The van der Waals surface area contributed by atoms with E-state index in [-0.39, 0.29) is 6.42 Å². The van der Waals surface area contributed by atoms with E-state index in [1.807, 2.05) is 0 Å². The Morgan fingerprint density at radius 1 is 1.06 bits per heavy atom. The van der Waals surface area contributed by atoms with Crippen molar-refractivity contribution in [3.63, 3.8) is 0 Å². The summed E-state index contributed by atoms with van der Waals surface area (Å²) in [6.45, 7) is -3.65. The Labute approximate surface area is 108 Å². The molecule has 0 aromatic carbocycles. The van der Waals surface area contributed by atoms with Gasteiger partial charge in [-0.15, -0.1) is 0 Å². The van der Waals surface area contributed by atoms with Gasteiger partial charge in [0.15, 0.2) is 0 Å². The molecule has 0 bridgehead atoms. The van der Waals surface area contributed by atoms with Crippen molar-refractivity contribution in [2.75, 3.05) is 6.56 Å². The van der Waals surface area contributed by atoms with Gasteiger partial charge in [-0.05, 0) is 13.3 Å². The molecule has 0 radical (unpaired) electrons. The third kappa shape index (κ3) is 11.5. The van der Waals surface area contributed by atoms with Crippen molar-refractivity contribution in [1.29, 1.82) is 0 Å². The second-order valence-corrected chi connectivity index (χ2v) is 4.15. The first-order valence-electron chi connectivity index (χ1n) is 8.92. The number of carbonyl (C=O) groups is 1. The molecule has 0 aromatic heterocycles. The van der Waals surface area contributed by atoms with Crippen molar-refractivity contribution >= 4 is 5.97 Å². The minimum atomic E-state index is -2.94. The first kappa shape index (κ1) is 8.54. The van der Waals surface area contributed by atoms with Crippen molar-refractivity contribution < 1.29 is 16.4 Å². The average Bonchev–Trinajstić information content (AvgIpc) is 2.35. The highest BCUT2D eigenvalue weighted by Gasteiger charge is 2.00. The van der Waals surface area contributed by atoms with Crippen molar-refractivity contribution in [3.8, 4) is 0 Å². The normalized spacial score (nSPS) is 16.7. The fourth-order valence-corrected chi connectivity index (χ4v) is 1.69.